The van der Waals surface area contributed by atoms with Crippen molar-refractivity contribution in [3.05, 3.63) is 46.7 Å². The summed E-state index contributed by atoms with van der Waals surface area (Å²) in [6.07, 6.45) is 2.67. The third-order valence-corrected chi connectivity index (χ3v) is 3.50. The summed E-state index contributed by atoms with van der Waals surface area (Å²) in [5.74, 6) is 6.44. The van der Waals surface area contributed by atoms with Gasteiger partial charge in [0.1, 0.15) is 5.69 Å². The van der Waals surface area contributed by atoms with Crippen molar-refractivity contribution in [1.29, 1.82) is 0 Å². The number of hydrogen-bond acceptors (Lipinski definition) is 4. The molecule has 3 N–H and O–H groups in total. The molecule has 0 radical (unpaired) electrons. The molecule has 1 atom stereocenters. The monoisotopic (exact) mass is 294 g/mol. The molecule has 0 spiro atoms. The molecule has 20 heavy (non-hydrogen) atoms. The van der Waals surface area contributed by atoms with Gasteiger partial charge in [-0.25, -0.2) is 5.43 Å². The molecule has 0 fully saturated rings. The van der Waals surface area contributed by atoms with E-state index in [2.05, 4.69) is 17.4 Å². The van der Waals surface area contributed by atoms with Crippen LogP contribution in [0, 0.1) is 0 Å². The van der Waals surface area contributed by atoms with Crippen molar-refractivity contribution in [2.24, 2.45) is 5.84 Å². The molecule has 0 aliphatic rings. The minimum Gasteiger partial charge on any atom is -0.493 e. The van der Waals surface area contributed by atoms with Crippen LogP contribution in [0.15, 0.2) is 30.5 Å². The van der Waals surface area contributed by atoms with Gasteiger partial charge in [0.2, 0.25) is 0 Å². The molecule has 0 bridgehead atoms. The minimum atomic E-state index is -0.271. The fourth-order valence-corrected chi connectivity index (χ4v) is 2.49. The van der Waals surface area contributed by atoms with Gasteiger partial charge < -0.3 is 4.74 Å². The maximum absolute atomic E-state index is 6.27. The van der Waals surface area contributed by atoms with E-state index in [9.17, 15) is 0 Å². The zero-order valence-electron chi connectivity index (χ0n) is 11.6. The quantitative estimate of drug-likeness (QED) is 0.635. The molecule has 0 aliphatic carbocycles. The number of nitrogens with one attached hydrogen (secondary N) is 1. The summed E-state index contributed by atoms with van der Waals surface area (Å²) in [6, 6.07) is 7.33. The van der Waals surface area contributed by atoms with E-state index in [1.807, 2.05) is 28.9 Å². The summed E-state index contributed by atoms with van der Waals surface area (Å²) in [5.41, 5.74) is 4.59. The first-order valence-corrected chi connectivity index (χ1v) is 6.91. The predicted molar refractivity (Wildman–Crippen MR) is 79.7 cm³/mol. The molecular formula is C14H19ClN4O. The molecule has 108 valence electrons. The van der Waals surface area contributed by atoms with Crippen molar-refractivity contribution in [2.75, 3.05) is 7.11 Å². The first kappa shape index (κ1) is 14.8. The van der Waals surface area contributed by atoms with Crippen LogP contribution in [0.4, 0.5) is 0 Å². The highest BCUT2D eigenvalue weighted by Crippen LogP contribution is 2.33. The second-order valence-corrected chi connectivity index (χ2v) is 4.85. The Morgan fingerprint density at radius 2 is 2.20 bits per heavy atom. The van der Waals surface area contributed by atoms with Crippen molar-refractivity contribution in [2.45, 2.75) is 25.9 Å². The van der Waals surface area contributed by atoms with Crippen LogP contribution in [0.25, 0.3) is 0 Å². The van der Waals surface area contributed by atoms with E-state index in [0.29, 0.717) is 10.8 Å². The largest absolute Gasteiger partial charge is 0.493 e. The molecule has 1 aromatic carbocycles. The van der Waals surface area contributed by atoms with Gasteiger partial charge in [-0.15, -0.1) is 0 Å². The first-order valence-electron chi connectivity index (χ1n) is 6.53. The minimum absolute atomic E-state index is 0.271. The lowest BCUT2D eigenvalue weighted by Gasteiger charge is -2.20. The third kappa shape index (κ3) is 2.80. The summed E-state index contributed by atoms with van der Waals surface area (Å²) in [7, 11) is 1.62. The van der Waals surface area contributed by atoms with Crippen LogP contribution >= 0.6 is 11.6 Å². The van der Waals surface area contributed by atoms with Gasteiger partial charge in [0.15, 0.2) is 5.75 Å². The number of rotatable bonds is 6. The highest BCUT2D eigenvalue weighted by Gasteiger charge is 2.24. The summed E-state index contributed by atoms with van der Waals surface area (Å²) in [5, 5.41) is 5.01. The van der Waals surface area contributed by atoms with Gasteiger partial charge in [-0.1, -0.05) is 36.7 Å². The molecule has 2 aromatic rings. The fraction of sp³-hybridized carbons (Fsp3) is 0.357. The third-order valence-electron chi connectivity index (χ3n) is 3.16. The molecule has 0 saturated heterocycles. The van der Waals surface area contributed by atoms with Crippen LogP contribution < -0.4 is 16.0 Å². The molecule has 6 heteroatoms. The predicted octanol–water partition coefficient (Wildman–Crippen LogP) is 2.51. The van der Waals surface area contributed by atoms with E-state index in [-0.39, 0.29) is 6.04 Å². The van der Waals surface area contributed by atoms with Crippen LogP contribution in [0.3, 0.4) is 0 Å². The molecule has 1 unspecified atom stereocenters. The Hall–Kier alpha value is -1.56. The normalized spacial score (nSPS) is 12.4. The number of ether oxygens (including phenoxy) is 1. The van der Waals surface area contributed by atoms with E-state index >= 15 is 0 Å². The number of halogens is 1. The topological polar surface area (TPSA) is 65.1 Å². The Bertz CT molecular complexity index is 570. The van der Waals surface area contributed by atoms with Gasteiger partial charge in [-0.05, 0) is 18.1 Å². The zero-order chi connectivity index (χ0) is 14.5. The molecule has 0 saturated carbocycles. The lowest BCUT2D eigenvalue weighted by molar-refractivity contribution is 0.398. The maximum atomic E-state index is 6.27. The van der Waals surface area contributed by atoms with Crippen molar-refractivity contribution >= 4 is 11.6 Å². The van der Waals surface area contributed by atoms with Crippen LogP contribution in [-0.2, 0) is 6.54 Å². The van der Waals surface area contributed by atoms with Crippen molar-refractivity contribution in [3.63, 3.8) is 0 Å². The summed E-state index contributed by atoms with van der Waals surface area (Å²) in [4.78, 5) is 0. The number of methoxy groups -OCH3 is 1. The standard InChI is InChI=1S/C14H19ClN4O/c1-3-8-19-14(12(20-2)9-17-19)13(18-16)10-6-4-5-7-11(10)15/h4-7,9,13,18H,3,8,16H2,1-2H3. The highest BCUT2D eigenvalue weighted by atomic mass is 35.5. The molecule has 1 aromatic heterocycles. The molecule has 1 heterocycles. The number of nitrogens with zero attached hydrogens (tertiary/aromatic N) is 2. The second-order valence-electron chi connectivity index (χ2n) is 4.44. The van der Waals surface area contributed by atoms with Gasteiger partial charge >= 0.3 is 0 Å². The molecule has 2 rings (SSSR count). The van der Waals surface area contributed by atoms with Crippen molar-refractivity contribution < 1.29 is 4.74 Å². The summed E-state index contributed by atoms with van der Waals surface area (Å²) < 4.78 is 7.29. The van der Waals surface area contributed by atoms with E-state index < -0.39 is 0 Å². The Kier molecular flexibility index (Phi) is 5.00. The van der Waals surface area contributed by atoms with E-state index in [4.69, 9.17) is 22.2 Å². The average Bonchev–Trinajstić information content (AvgIpc) is 2.85. The Labute approximate surface area is 123 Å². The average molecular weight is 295 g/mol. The van der Waals surface area contributed by atoms with Gasteiger partial charge in [-0.2, -0.15) is 5.10 Å². The van der Waals surface area contributed by atoms with E-state index in [0.717, 1.165) is 24.2 Å². The molecular weight excluding hydrogens is 276 g/mol. The number of aromatic nitrogens is 2. The van der Waals surface area contributed by atoms with E-state index in [1.54, 1.807) is 13.3 Å². The van der Waals surface area contributed by atoms with Gasteiger partial charge in [-0.3, -0.25) is 10.5 Å². The lowest BCUT2D eigenvalue weighted by atomic mass is 10.0. The van der Waals surface area contributed by atoms with Crippen LogP contribution in [0.1, 0.15) is 30.6 Å². The van der Waals surface area contributed by atoms with E-state index in [1.165, 1.54) is 0 Å². The van der Waals surface area contributed by atoms with Gasteiger partial charge in [0, 0.05) is 11.6 Å². The molecule has 0 amide bonds. The maximum Gasteiger partial charge on any atom is 0.161 e. The molecule has 5 nitrogen and oxygen atoms in total. The Morgan fingerprint density at radius 1 is 1.45 bits per heavy atom. The van der Waals surface area contributed by atoms with Crippen LogP contribution in [0.5, 0.6) is 5.75 Å². The van der Waals surface area contributed by atoms with Crippen LogP contribution in [-0.4, -0.2) is 16.9 Å². The first-order chi connectivity index (χ1) is 9.72. The summed E-state index contributed by atoms with van der Waals surface area (Å²) >= 11 is 6.27. The number of hydrogen-bond donors (Lipinski definition) is 2. The Balaban J connectivity index is 2.51. The SMILES string of the molecule is CCCn1ncc(OC)c1C(NN)c1ccccc1Cl. The number of hydrazine groups is 1. The Morgan fingerprint density at radius 3 is 2.80 bits per heavy atom. The second kappa shape index (κ2) is 6.74. The highest BCUT2D eigenvalue weighted by molar-refractivity contribution is 6.31. The number of benzene rings is 1. The molecule has 0 aliphatic heterocycles. The summed E-state index contributed by atoms with van der Waals surface area (Å²) in [6.45, 7) is 2.89. The number of aryl methyl sites for hydroxylation is 1. The van der Waals surface area contributed by atoms with Gasteiger partial charge in [0.25, 0.3) is 0 Å². The van der Waals surface area contributed by atoms with Crippen molar-refractivity contribution in [1.82, 2.24) is 15.2 Å². The lowest BCUT2D eigenvalue weighted by Crippen LogP contribution is -2.31. The number of nitrogens with two attached hydrogens (primary N) is 1. The van der Waals surface area contributed by atoms with Gasteiger partial charge in [0.05, 0.1) is 19.3 Å². The van der Waals surface area contributed by atoms with Crippen LogP contribution in [0.2, 0.25) is 5.02 Å². The fourth-order valence-electron chi connectivity index (χ4n) is 2.24. The zero-order valence-corrected chi connectivity index (χ0v) is 12.4. The van der Waals surface area contributed by atoms with Crippen molar-refractivity contribution in [3.8, 4) is 5.75 Å². The smallest absolute Gasteiger partial charge is 0.161 e.